The minimum absolute atomic E-state index is 0.0727. The van der Waals surface area contributed by atoms with E-state index >= 15 is 0 Å². The summed E-state index contributed by atoms with van der Waals surface area (Å²) in [6, 6.07) is 4.15. The summed E-state index contributed by atoms with van der Waals surface area (Å²) in [6.07, 6.45) is 6.33. The summed E-state index contributed by atoms with van der Waals surface area (Å²) >= 11 is 0. The number of hydrogen-bond acceptors (Lipinski definition) is 6. The van der Waals surface area contributed by atoms with Gasteiger partial charge in [-0.1, -0.05) is 0 Å². The number of nitrogens with zero attached hydrogens (tertiary/aromatic N) is 1. The lowest BCUT2D eigenvalue weighted by Crippen LogP contribution is -2.67. The van der Waals surface area contributed by atoms with Gasteiger partial charge in [-0.3, -0.25) is 4.90 Å². The van der Waals surface area contributed by atoms with E-state index in [0.717, 1.165) is 55.1 Å². The van der Waals surface area contributed by atoms with Gasteiger partial charge in [0.15, 0.2) is 0 Å². The Labute approximate surface area is 175 Å². The van der Waals surface area contributed by atoms with E-state index in [2.05, 4.69) is 4.90 Å². The molecule has 0 amide bonds. The zero-order chi connectivity index (χ0) is 20.9. The molecule has 1 aromatic carbocycles. The predicted molar refractivity (Wildman–Crippen MR) is 107 cm³/mol. The Balaban J connectivity index is 1.49. The first-order valence-electron chi connectivity index (χ1n) is 10.7. The molecule has 4 aliphatic rings. The Hall–Kier alpha value is -2.22. The number of carbonyl (C=O) groups is 2. The van der Waals surface area contributed by atoms with Crippen LogP contribution in [0.5, 0.6) is 5.75 Å². The molecule has 3 fully saturated rings. The van der Waals surface area contributed by atoms with Gasteiger partial charge in [0, 0.05) is 30.2 Å². The van der Waals surface area contributed by atoms with E-state index in [1.54, 1.807) is 0 Å². The molecule has 0 radical (unpaired) electrons. The van der Waals surface area contributed by atoms with Gasteiger partial charge in [-0.05, 0) is 73.9 Å². The highest BCUT2D eigenvalue weighted by Crippen LogP contribution is 2.50. The van der Waals surface area contributed by atoms with Gasteiger partial charge in [-0.2, -0.15) is 0 Å². The van der Waals surface area contributed by atoms with E-state index in [1.807, 2.05) is 19.1 Å². The highest BCUT2D eigenvalue weighted by Gasteiger charge is 2.56. The number of benzene rings is 1. The summed E-state index contributed by atoms with van der Waals surface area (Å²) in [4.78, 5) is 25.3. The summed E-state index contributed by atoms with van der Waals surface area (Å²) in [7, 11) is 0. The highest BCUT2D eigenvalue weighted by molar-refractivity contribution is 5.91. The summed E-state index contributed by atoms with van der Waals surface area (Å²) in [6.45, 7) is 5.15. The van der Waals surface area contributed by atoms with Crippen molar-refractivity contribution in [1.29, 1.82) is 0 Å². The van der Waals surface area contributed by atoms with Crippen molar-refractivity contribution in [2.24, 2.45) is 5.92 Å². The molecule has 2 heterocycles. The Morgan fingerprint density at radius 1 is 1.33 bits per heavy atom. The second-order valence-corrected chi connectivity index (χ2v) is 9.03. The van der Waals surface area contributed by atoms with Crippen molar-refractivity contribution >= 4 is 11.9 Å². The van der Waals surface area contributed by atoms with E-state index in [9.17, 15) is 9.59 Å². The number of esters is 1. The summed E-state index contributed by atoms with van der Waals surface area (Å²) in [5.41, 5.74) is 3.30. The maximum absolute atomic E-state index is 12.0. The molecule has 2 aliphatic carbocycles. The van der Waals surface area contributed by atoms with Gasteiger partial charge in [-0.15, -0.1) is 0 Å². The largest absolute Gasteiger partial charge is 0.478 e. The number of carboxylic acid groups (broad SMARTS) is 1. The number of ether oxygens (including phenoxy) is 3. The quantitative estimate of drug-likeness (QED) is 0.450. The summed E-state index contributed by atoms with van der Waals surface area (Å²) in [5.74, 6) is -0.616. The number of hydrogen-bond donors (Lipinski definition) is 1. The molecule has 3 atom stereocenters. The van der Waals surface area contributed by atoms with Gasteiger partial charge in [-0.25, -0.2) is 9.59 Å². The van der Waals surface area contributed by atoms with Crippen LogP contribution in [0.3, 0.4) is 0 Å². The zero-order valence-corrected chi connectivity index (χ0v) is 17.1. The smallest absolute Gasteiger partial charge is 0.336 e. The SMILES string of the molecule is Cc1cc(OC(=O)/C=C/C(=O)O)cc2c1C[C@@H]1[C@@H]3OCOC[C@]23CCN1CC1CC1. The van der Waals surface area contributed by atoms with Gasteiger partial charge in [0.1, 0.15) is 12.5 Å². The third-order valence-electron chi connectivity index (χ3n) is 7.07. The number of aliphatic carboxylic acids is 1. The molecule has 30 heavy (non-hydrogen) atoms. The number of likely N-dealkylation sites (tertiary alicyclic amines) is 1. The van der Waals surface area contributed by atoms with Crippen LogP contribution in [0.4, 0.5) is 0 Å². The van der Waals surface area contributed by atoms with Gasteiger partial charge >= 0.3 is 11.9 Å². The van der Waals surface area contributed by atoms with Crippen LogP contribution < -0.4 is 4.74 Å². The molecule has 0 unspecified atom stereocenters. The lowest BCUT2D eigenvalue weighted by Gasteiger charge is -2.58. The Morgan fingerprint density at radius 2 is 2.17 bits per heavy atom. The van der Waals surface area contributed by atoms with Crippen LogP contribution >= 0.6 is 0 Å². The first kappa shape index (κ1) is 19.7. The van der Waals surface area contributed by atoms with Crippen molar-refractivity contribution in [1.82, 2.24) is 4.90 Å². The molecule has 160 valence electrons. The first-order chi connectivity index (χ1) is 14.5. The average molecular weight is 413 g/mol. The molecular weight excluding hydrogens is 386 g/mol. The van der Waals surface area contributed by atoms with Crippen molar-refractivity contribution in [2.45, 2.75) is 50.2 Å². The second-order valence-electron chi connectivity index (χ2n) is 9.03. The van der Waals surface area contributed by atoms with Gasteiger partial charge in [0.05, 0.1) is 12.7 Å². The number of rotatable bonds is 5. The van der Waals surface area contributed by atoms with Crippen LogP contribution in [0, 0.1) is 12.8 Å². The highest BCUT2D eigenvalue weighted by atomic mass is 16.7. The van der Waals surface area contributed by atoms with Crippen molar-refractivity contribution in [3.63, 3.8) is 0 Å². The van der Waals surface area contributed by atoms with Gasteiger partial charge in [0.25, 0.3) is 0 Å². The van der Waals surface area contributed by atoms with Crippen molar-refractivity contribution < 1.29 is 28.9 Å². The van der Waals surface area contributed by atoms with Crippen molar-refractivity contribution in [3.8, 4) is 5.75 Å². The molecular formula is C23H27NO6. The molecule has 1 N–H and O–H groups in total. The fraction of sp³-hybridized carbons (Fsp3) is 0.565. The number of carbonyl (C=O) groups excluding carboxylic acids is 1. The second kappa shape index (κ2) is 7.48. The molecule has 0 spiro atoms. The number of piperidine rings is 1. The zero-order valence-electron chi connectivity index (χ0n) is 17.1. The number of fused-ring (bicyclic) bond motifs is 1. The molecule has 2 saturated heterocycles. The predicted octanol–water partition coefficient (Wildman–Crippen LogP) is 2.19. The Morgan fingerprint density at radius 3 is 2.93 bits per heavy atom. The van der Waals surface area contributed by atoms with Crippen LogP contribution in [0.1, 0.15) is 36.0 Å². The fourth-order valence-electron chi connectivity index (χ4n) is 5.50. The molecule has 5 rings (SSSR count). The van der Waals surface area contributed by atoms with E-state index < -0.39 is 11.9 Å². The number of aryl methyl sites for hydroxylation is 1. The lowest BCUT2D eigenvalue weighted by molar-refractivity contribution is -0.222. The topological polar surface area (TPSA) is 85.3 Å². The lowest BCUT2D eigenvalue weighted by atomic mass is 9.61. The van der Waals surface area contributed by atoms with E-state index in [0.29, 0.717) is 25.2 Å². The number of carboxylic acids is 1. The molecule has 2 aliphatic heterocycles. The van der Waals surface area contributed by atoms with E-state index in [4.69, 9.17) is 19.3 Å². The van der Waals surface area contributed by atoms with Crippen LogP contribution in [-0.4, -0.2) is 60.6 Å². The maximum Gasteiger partial charge on any atom is 0.336 e. The molecule has 1 saturated carbocycles. The van der Waals surface area contributed by atoms with E-state index in [1.165, 1.54) is 18.4 Å². The molecule has 7 nitrogen and oxygen atoms in total. The van der Waals surface area contributed by atoms with Crippen LogP contribution in [-0.2, 0) is 30.9 Å². The summed E-state index contributed by atoms with van der Waals surface area (Å²) < 4.78 is 17.4. The van der Waals surface area contributed by atoms with Crippen LogP contribution in [0.25, 0.3) is 0 Å². The normalized spacial score (nSPS) is 30.6. The fourth-order valence-corrected chi connectivity index (χ4v) is 5.50. The standard InChI is InChI=1S/C23H27NO6/c1-14-8-16(30-21(27)5-4-20(25)26)9-18-17(14)10-19-22-23(18,12-28-13-29-22)6-7-24(19)11-15-2-3-15/h4-5,8-9,15,19,22H,2-3,6-7,10-13H2,1H3,(H,25,26)/b5-4+/t19-,22+,23-/m1/s1. The Bertz CT molecular complexity index is 907. The average Bonchev–Trinajstić information content (AvgIpc) is 3.53. The van der Waals surface area contributed by atoms with Crippen LogP contribution in [0.2, 0.25) is 0 Å². The maximum atomic E-state index is 12.0. The first-order valence-corrected chi connectivity index (χ1v) is 10.7. The molecule has 2 bridgehead atoms. The molecule has 0 aromatic heterocycles. The van der Waals surface area contributed by atoms with Gasteiger partial charge < -0.3 is 19.3 Å². The molecule has 1 aromatic rings. The minimum Gasteiger partial charge on any atom is -0.478 e. The monoisotopic (exact) mass is 413 g/mol. The Kier molecular flexibility index (Phi) is 4.92. The summed E-state index contributed by atoms with van der Waals surface area (Å²) in [5, 5.41) is 8.71. The molecule has 7 heteroatoms. The van der Waals surface area contributed by atoms with Crippen LogP contribution in [0.15, 0.2) is 24.3 Å². The van der Waals surface area contributed by atoms with Gasteiger partial charge in [0.2, 0.25) is 0 Å². The van der Waals surface area contributed by atoms with Crippen molar-refractivity contribution in [3.05, 3.63) is 41.0 Å². The van der Waals surface area contributed by atoms with E-state index in [-0.39, 0.29) is 11.5 Å². The third-order valence-corrected chi connectivity index (χ3v) is 7.07. The third kappa shape index (κ3) is 3.45. The van der Waals surface area contributed by atoms with Crippen molar-refractivity contribution in [2.75, 3.05) is 26.5 Å². The minimum atomic E-state index is -1.18.